The molecule has 2 aromatic heterocycles. The molecule has 0 aliphatic heterocycles. The van der Waals surface area contributed by atoms with E-state index >= 15 is 0 Å². The van der Waals surface area contributed by atoms with Gasteiger partial charge in [-0.15, -0.1) is 0 Å². The first kappa shape index (κ1) is 21.8. The van der Waals surface area contributed by atoms with Crippen molar-refractivity contribution in [1.29, 1.82) is 0 Å². The molecule has 1 amide bonds. The first-order chi connectivity index (χ1) is 14.2. The van der Waals surface area contributed by atoms with E-state index in [-0.39, 0.29) is 22.9 Å². The van der Waals surface area contributed by atoms with Crippen molar-refractivity contribution in [3.63, 3.8) is 0 Å². The van der Waals surface area contributed by atoms with Gasteiger partial charge in [0, 0.05) is 22.8 Å². The Bertz CT molecular complexity index is 1030. The Labute approximate surface area is 172 Å². The number of carbonyl (C=O) groups is 1. The molecule has 6 nitrogen and oxygen atoms in total. The fourth-order valence-corrected chi connectivity index (χ4v) is 2.93. The van der Waals surface area contributed by atoms with E-state index < -0.39 is 42.0 Å². The molecule has 0 aliphatic rings. The second kappa shape index (κ2) is 8.82. The van der Waals surface area contributed by atoms with Crippen molar-refractivity contribution in [2.45, 2.75) is 32.4 Å². The van der Waals surface area contributed by atoms with Gasteiger partial charge in [0.25, 0.3) is 12.9 Å². The number of carbonyl (C=O) groups excluding carboxylic acids is 1. The first-order valence-corrected chi connectivity index (χ1v) is 8.98. The van der Waals surface area contributed by atoms with E-state index in [2.05, 4.69) is 15.5 Å². The van der Waals surface area contributed by atoms with E-state index in [1.165, 1.54) is 42.1 Å². The van der Waals surface area contributed by atoms with Gasteiger partial charge in [-0.05, 0) is 25.1 Å². The van der Waals surface area contributed by atoms with Crippen LogP contribution in [0.15, 0.2) is 36.5 Å². The number of aromatic nitrogens is 4. The summed E-state index contributed by atoms with van der Waals surface area (Å²) in [6.45, 7) is 1.23. The van der Waals surface area contributed by atoms with E-state index in [1.54, 1.807) is 0 Å². The molecule has 1 aromatic carbocycles. The van der Waals surface area contributed by atoms with Crippen molar-refractivity contribution in [1.82, 2.24) is 19.6 Å². The summed E-state index contributed by atoms with van der Waals surface area (Å²) in [7, 11) is 0. The molecule has 3 aromatic rings. The Hall–Kier alpha value is -2.95. The highest BCUT2D eigenvalue weighted by Gasteiger charge is 2.27. The number of rotatable bonds is 7. The minimum absolute atomic E-state index is 0.0105. The molecular formula is C18H15ClF5N5O. The molecule has 12 heteroatoms. The number of benzene rings is 1. The third-order valence-corrected chi connectivity index (χ3v) is 4.60. The molecule has 0 bridgehead atoms. The van der Waals surface area contributed by atoms with Crippen LogP contribution >= 0.6 is 11.6 Å². The monoisotopic (exact) mass is 447 g/mol. The van der Waals surface area contributed by atoms with Crippen LogP contribution in [-0.4, -0.2) is 25.5 Å². The van der Waals surface area contributed by atoms with Gasteiger partial charge in [-0.2, -0.15) is 10.2 Å². The molecule has 0 saturated carbocycles. The minimum Gasteiger partial charge on any atom is -0.307 e. The van der Waals surface area contributed by atoms with Gasteiger partial charge >= 0.3 is 0 Å². The molecule has 1 N–H and O–H groups in total. The van der Waals surface area contributed by atoms with E-state index in [0.717, 1.165) is 0 Å². The maximum atomic E-state index is 13.9. The zero-order valence-electron chi connectivity index (χ0n) is 15.4. The van der Waals surface area contributed by atoms with Crippen molar-refractivity contribution < 1.29 is 26.7 Å². The average molecular weight is 448 g/mol. The standard InChI is InChI=1S/C18H15ClF5N5O/c1-9(29-14(17(23)24)7-13(26-29)16(21)22)18(30)25-15-5-6-28(27-15)8-10-11(19)3-2-4-12(10)20/h2-7,9,16-17H,8H2,1H3,(H,25,27,30). The second-order valence-electron chi connectivity index (χ2n) is 6.30. The van der Waals surface area contributed by atoms with Crippen molar-refractivity contribution in [3.8, 4) is 0 Å². The van der Waals surface area contributed by atoms with Gasteiger partial charge in [0.15, 0.2) is 5.82 Å². The summed E-state index contributed by atoms with van der Waals surface area (Å²) in [5.41, 5.74) is -1.45. The number of nitrogens with one attached hydrogen (secondary N) is 1. The van der Waals surface area contributed by atoms with Gasteiger partial charge in [0.1, 0.15) is 23.2 Å². The number of alkyl halides is 4. The number of anilines is 1. The van der Waals surface area contributed by atoms with Gasteiger partial charge in [-0.25, -0.2) is 22.0 Å². The summed E-state index contributed by atoms with van der Waals surface area (Å²) >= 11 is 5.97. The predicted molar refractivity (Wildman–Crippen MR) is 98.2 cm³/mol. The van der Waals surface area contributed by atoms with Crippen LogP contribution in [0.1, 0.15) is 42.8 Å². The van der Waals surface area contributed by atoms with E-state index in [0.29, 0.717) is 10.7 Å². The predicted octanol–water partition coefficient (Wildman–Crippen LogP) is 5.00. The molecule has 0 spiro atoms. The highest BCUT2D eigenvalue weighted by atomic mass is 35.5. The second-order valence-corrected chi connectivity index (χ2v) is 6.71. The first-order valence-electron chi connectivity index (χ1n) is 8.60. The van der Waals surface area contributed by atoms with Gasteiger partial charge < -0.3 is 5.32 Å². The lowest BCUT2D eigenvalue weighted by Crippen LogP contribution is -2.26. The highest BCUT2D eigenvalue weighted by molar-refractivity contribution is 6.31. The molecule has 0 fully saturated rings. The van der Waals surface area contributed by atoms with Crippen LogP contribution in [0.3, 0.4) is 0 Å². The van der Waals surface area contributed by atoms with Crippen LogP contribution in [0.4, 0.5) is 27.8 Å². The lowest BCUT2D eigenvalue weighted by molar-refractivity contribution is -0.119. The summed E-state index contributed by atoms with van der Waals surface area (Å²) in [5.74, 6) is -1.26. The molecule has 0 saturated heterocycles. The number of halogens is 6. The molecule has 30 heavy (non-hydrogen) atoms. The quantitative estimate of drug-likeness (QED) is 0.519. The fraction of sp³-hybridized carbons (Fsp3) is 0.278. The van der Waals surface area contributed by atoms with Crippen LogP contribution in [-0.2, 0) is 11.3 Å². The molecular weight excluding hydrogens is 433 g/mol. The summed E-state index contributed by atoms with van der Waals surface area (Å²) in [6.07, 6.45) is -4.69. The highest BCUT2D eigenvalue weighted by Crippen LogP contribution is 2.28. The maximum absolute atomic E-state index is 13.9. The Kier molecular flexibility index (Phi) is 6.40. The Morgan fingerprint density at radius 3 is 2.53 bits per heavy atom. The lowest BCUT2D eigenvalue weighted by Gasteiger charge is -2.14. The summed E-state index contributed by atoms with van der Waals surface area (Å²) < 4.78 is 67.6. The molecule has 2 heterocycles. The van der Waals surface area contributed by atoms with Crippen LogP contribution in [0.25, 0.3) is 0 Å². The Balaban J connectivity index is 1.74. The average Bonchev–Trinajstić information content (AvgIpc) is 3.31. The minimum atomic E-state index is -3.09. The van der Waals surface area contributed by atoms with Crippen LogP contribution in [0.5, 0.6) is 0 Å². The van der Waals surface area contributed by atoms with Crippen molar-refractivity contribution in [3.05, 3.63) is 64.3 Å². The van der Waals surface area contributed by atoms with Gasteiger partial charge in [0.05, 0.1) is 6.54 Å². The number of amides is 1. The summed E-state index contributed by atoms with van der Waals surface area (Å²) in [6, 6.07) is 4.87. The van der Waals surface area contributed by atoms with Crippen LogP contribution in [0.2, 0.25) is 5.02 Å². The van der Waals surface area contributed by atoms with Gasteiger partial charge in [0.2, 0.25) is 5.91 Å². The third-order valence-electron chi connectivity index (χ3n) is 4.25. The smallest absolute Gasteiger partial charge is 0.282 e. The van der Waals surface area contributed by atoms with Crippen molar-refractivity contribution in [2.24, 2.45) is 0 Å². The largest absolute Gasteiger partial charge is 0.307 e. The van der Waals surface area contributed by atoms with Crippen LogP contribution < -0.4 is 5.32 Å². The van der Waals surface area contributed by atoms with Gasteiger partial charge in [-0.3, -0.25) is 14.2 Å². The lowest BCUT2D eigenvalue weighted by atomic mass is 10.2. The zero-order chi connectivity index (χ0) is 22.0. The fourth-order valence-electron chi connectivity index (χ4n) is 2.71. The zero-order valence-corrected chi connectivity index (χ0v) is 16.1. The maximum Gasteiger partial charge on any atom is 0.282 e. The number of hydrogen-bond acceptors (Lipinski definition) is 3. The van der Waals surface area contributed by atoms with Gasteiger partial charge in [-0.1, -0.05) is 17.7 Å². The Morgan fingerprint density at radius 2 is 1.90 bits per heavy atom. The number of hydrogen-bond donors (Lipinski definition) is 1. The summed E-state index contributed by atoms with van der Waals surface area (Å²) in [4.78, 5) is 12.4. The molecule has 1 unspecified atom stereocenters. The summed E-state index contributed by atoms with van der Waals surface area (Å²) in [5, 5.41) is 10.1. The van der Waals surface area contributed by atoms with Crippen molar-refractivity contribution in [2.75, 3.05) is 5.32 Å². The number of nitrogens with zero attached hydrogens (tertiary/aromatic N) is 4. The molecule has 0 radical (unpaired) electrons. The molecule has 3 rings (SSSR count). The SMILES string of the molecule is CC(C(=O)Nc1ccn(Cc2c(F)cccc2Cl)n1)n1nc(C(F)F)cc1C(F)F. The normalized spacial score (nSPS) is 12.6. The Morgan fingerprint density at radius 1 is 1.17 bits per heavy atom. The van der Waals surface area contributed by atoms with E-state index in [9.17, 15) is 26.7 Å². The third kappa shape index (κ3) is 4.61. The topological polar surface area (TPSA) is 64.7 Å². The molecule has 0 aliphatic carbocycles. The molecule has 1 atom stereocenters. The van der Waals surface area contributed by atoms with E-state index in [4.69, 9.17) is 11.6 Å². The molecule has 160 valence electrons. The van der Waals surface area contributed by atoms with Crippen molar-refractivity contribution >= 4 is 23.3 Å². The van der Waals surface area contributed by atoms with E-state index in [1.807, 2.05) is 0 Å². The van der Waals surface area contributed by atoms with Crippen LogP contribution in [0, 0.1) is 5.82 Å².